The minimum absolute atomic E-state index is 0.174. The van der Waals surface area contributed by atoms with Crippen LogP contribution in [0.25, 0.3) is 0 Å². The van der Waals surface area contributed by atoms with E-state index in [4.69, 9.17) is 5.73 Å². The van der Waals surface area contributed by atoms with Crippen LogP contribution in [0.1, 0.15) is 34.8 Å². The molecule has 6 heteroatoms. The van der Waals surface area contributed by atoms with Gasteiger partial charge in [0.25, 0.3) is 5.91 Å². The molecule has 1 amide bonds. The number of rotatable bonds is 5. The van der Waals surface area contributed by atoms with Gasteiger partial charge in [-0.2, -0.15) is 5.10 Å². The highest BCUT2D eigenvalue weighted by atomic mass is 32.1. The molecular weight excluding hydrogens is 260 g/mol. The average molecular weight is 278 g/mol. The van der Waals surface area contributed by atoms with Gasteiger partial charge in [-0.15, -0.1) is 11.3 Å². The third kappa shape index (κ3) is 2.78. The summed E-state index contributed by atoms with van der Waals surface area (Å²) in [5.41, 5.74) is 7.92. The topological polar surface area (TPSA) is 72.9 Å². The number of carbonyl (C=O) groups excluding carboxylic acids is 1. The van der Waals surface area contributed by atoms with Crippen molar-refractivity contribution in [3.05, 3.63) is 33.8 Å². The molecule has 0 radical (unpaired) electrons. The minimum atomic E-state index is -0.174. The Morgan fingerprint density at radius 2 is 2.32 bits per heavy atom. The van der Waals surface area contributed by atoms with Crippen molar-refractivity contribution in [2.45, 2.75) is 33.4 Å². The fourth-order valence-corrected chi connectivity index (χ4v) is 2.89. The second-order valence-electron chi connectivity index (χ2n) is 4.17. The Morgan fingerprint density at radius 1 is 1.53 bits per heavy atom. The summed E-state index contributed by atoms with van der Waals surface area (Å²) in [5.74, 6) is -0.174. The maximum absolute atomic E-state index is 12.2. The third-order valence-corrected chi connectivity index (χ3v) is 3.97. The van der Waals surface area contributed by atoms with Crippen molar-refractivity contribution in [3.63, 3.8) is 0 Å². The van der Waals surface area contributed by atoms with Crippen molar-refractivity contribution >= 4 is 22.9 Å². The van der Waals surface area contributed by atoms with Crippen LogP contribution >= 0.6 is 11.3 Å². The Hall–Kier alpha value is -1.82. The van der Waals surface area contributed by atoms with E-state index in [0.717, 1.165) is 6.42 Å². The number of nitrogen functional groups attached to an aromatic ring is 1. The maximum atomic E-state index is 12.2. The zero-order chi connectivity index (χ0) is 13.8. The first-order valence-electron chi connectivity index (χ1n) is 6.32. The largest absolute Gasteiger partial charge is 0.396 e. The van der Waals surface area contributed by atoms with Crippen LogP contribution in [0.2, 0.25) is 0 Å². The zero-order valence-electron chi connectivity index (χ0n) is 11.1. The molecule has 0 atom stereocenters. The summed E-state index contributed by atoms with van der Waals surface area (Å²) in [6, 6.07) is 2.09. The van der Waals surface area contributed by atoms with Crippen molar-refractivity contribution in [1.29, 1.82) is 0 Å². The second-order valence-corrected chi connectivity index (χ2v) is 5.17. The Morgan fingerprint density at radius 3 is 3.00 bits per heavy atom. The molecule has 2 aromatic rings. The van der Waals surface area contributed by atoms with Crippen LogP contribution in [0, 0.1) is 0 Å². The van der Waals surface area contributed by atoms with Crippen molar-refractivity contribution in [3.8, 4) is 0 Å². The first kappa shape index (κ1) is 13.6. The number of anilines is 1. The van der Waals surface area contributed by atoms with Gasteiger partial charge in [-0.1, -0.05) is 6.92 Å². The molecule has 0 saturated carbocycles. The van der Waals surface area contributed by atoms with Gasteiger partial charge in [0, 0.05) is 11.4 Å². The molecule has 2 heterocycles. The summed E-state index contributed by atoms with van der Waals surface area (Å²) in [7, 11) is 0. The molecule has 0 aromatic carbocycles. The van der Waals surface area contributed by atoms with Gasteiger partial charge in [-0.3, -0.25) is 9.48 Å². The van der Waals surface area contributed by atoms with Gasteiger partial charge in [0.15, 0.2) is 0 Å². The summed E-state index contributed by atoms with van der Waals surface area (Å²) in [6.45, 7) is 5.20. The van der Waals surface area contributed by atoms with E-state index in [-0.39, 0.29) is 5.91 Å². The molecule has 5 nitrogen and oxygen atoms in total. The summed E-state index contributed by atoms with van der Waals surface area (Å²) in [5, 5.41) is 9.02. The molecule has 0 bridgehead atoms. The summed E-state index contributed by atoms with van der Waals surface area (Å²) in [6.07, 6.45) is 2.49. The smallest absolute Gasteiger partial charge is 0.271 e. The molecular formula is C13H18N4OS. The van der Waals surface area contributed by atoms with Gasteiger partial charge in [0.2, 0.25) is 0 Å². The van der Waals surface area contributed by atoms with Crippen LogP contribution in [0.5, 0.6) is 0 Å². The number of nitrogens with two attached hydrogens (primary N) is 1. The lowest BCUT2D eigenvalue weighted by Crippen LogP contribution is -2.26. The van der Waals surface area contributed by atoms with E-state index in [1.165, 1.54) is 16.6 Å². The van der Waals surface area contributed by atoms with Gasteiger partial charge < -0.3 is 11.1 Å². The molecule has 0 fully saturated rings. The number of nitrogens with zero attached hydrogens (tertiary/aromatic N) is 2. The normalized spacial score (nSPS) is 10.6. The summed E-state index contributed by atoms with van der Waals surface area (Å²) in [4.78, 5) is 13.3. The predicted molar refractivity (Wildman–Crippen MR) is 77.2 cm³/mol. The van der Waals surface area contributed by atoms with Crippen LogP contribution < -0.4 is 11.1 Å². The molecule has 0 spiro atoms. The third-order valence-electron chi connectivity index (χ3n) is 3.01. The molecule has 19 heavy (non-hydrogen) atoms. The van der Waals surface area contributed by atoms with E-state index < -0.39 is 0 Å². The Labute approximate surface area is 116 Å². The molecule has 0 saturated heterocycles. The number of carbonyl (C=O) groups is 1. The van der Waals surface area contributed by atoms with Crippen LogP contribution in [0.15, 0.2) is 17.6 Å². The molecule has 0 aliphatic rings. The monoisotopic (exact) mass is 278 g/mol. The van der Waals surface area contributed by atoms with Crippen molar-refractivity contribution in [2.75, 3.05) is 5.73 Å². The van der Waals surface area contributed by atoms with Gasteiger partial charge in [0.05, 0.1) is 18.4 Å². The van der Waals surface area contributed by atoms with Gasteiger partial charge in [0.1, 0.15) is 5.69 Å². The highest BCUT2D eigenvalue weighted by Crippen LogP contribution is 2.17. The highest BCUT2D eigenvalue weighted by Gasteiger charge is 2.16. The molecule has 102 valence electrons. The fraction of sp³-hybridized carbons (Fsp3) is 0.385. The lowest BCUT2D eigenvalue weighted by molar-refractivity contribution is 0.0941. The van der Waals surface area contributed by atoms with Crippen LogP contribution in [0.3, 0.4) is 0 Å². The predicted octanol–water partition coefficient (Wildman–Crippen LogP) is 2.04. The van der Waals surface area contributed by atoms with E-state index in [9.17, 15) is 4.79 Å². The molecule has 3 N–H and O–H groups in total. The summed E-state index contributed by atoms with van der Waals surface area (Å²) >= 11 is 1.66. The van der Waals surface area contributed by atoms with Gasteiger partial charge >= 0.3 is 0 Å². The van der Waals surface area contributed by atoms with E-state index in [2.05, 4.69) is 23.4 Å². The number of nitrogens with one attached hydrogen (secondary N) is 1. The van der Waals surface area contributed by atoms with E-state index in [1.54, 1.807) is 16.0 Å². The number of aryl methyl sites for hydroxylation is 2. The van der Waals surface area contributed by atoms with Crippen LogP contribution in [-0.4, -0.2) is 15.7 Å². The average Bonchev–Trinajstić information content (AvgIpc) is 3.01. The van der Waals surface area contributed by atoms with Crippen molar-refractivity contribution in [1.82, 2.24) is 15.1 Å². The Balaban J connectivity index is 2.07. The molecule has 0 aliphatic heterocycles. The number of hydrogen-bond acceptors (Lipinski definition) is 4. The molecule has 0 aliphatic carbocycles. The SMILES string of the molecule is CCc1ccsc1CNC(=O)c1c(N)cnn1CC. The fourth-order valence-electron chi connectivity index (χ4n) is 1.97. The van der Waals surface area contributed by atoms with Gasteiger partial charge in [-0.05, 0) is 30.4 Å². The number of aromatic nitrogens is 2. The Kier molecular flexibility index (Phi) is 4.21. The number of hydrogen-bond donors (Lipinski definition) is 2. The Bertz CT molecular complexity index is 573. The van der Waals surface area contributed by atoms with Crippen LogP contribution in [0.4, 0.5) is 5.69 Å². The van der Waals surface area contributed by atoms with Crippen molar-refractivity contribution < 1.29 is 4.79 Å². The standard InChI is InChI=1S/C13H18N4OS/c1-3-9-5-6-19-11(9)8-15-13(18)12-10(14)7-16-17(12)4-2/h5-7H,3-4,8,14H2,1-2H3,(H,15,18). The minimum Gasteiger partial charge on any atom is -0.396 e. The van der Waals surface area contributed by atoms with E-state index >= 15 is 0 Å². The lowest BCUT2D eigenvalue weighted by Gasteiger charge is -2.08. The second kappa shape index (κ2) is 5.88. The van der Waals surface area contributed by atoms with E-state index in [1.807, 2.05) is 12.3 Å². The lowest BCUT2D eigenvalue weighted by atomic mass is 10.2. The first-order chi connectivity index (χ1) is 9.17. The van der Waals surface area contributed by atoms with E-state index in [0.29, 0.717) is 24.5 Å². The summed E-state index contributed by atoms with van der Waals surface area (Å²) < 4.78 is 1.61. The van der Waals surface area contributed by atoms with Crippen molar-refractivity contribution in [2.24, 2.45) is 0 Å². The zero-order valence-corrected chi connectivity index (χ0v) is 12.0. The molecule has 0 unspecified atom stereocenters. The first-order valence-corrected chi connectivity index (χ1v) is 7.20. The number of amides is 1. The van der Waals surface area contributed by atoms with Crippen LogP contribution in [-0.2, 0) is 19.5 Å². The van der Waals surface area contributed by atoms with Gasteiger partial charge in [-0.25, -0.2) is 0 Å². The maximum Gasteiger partial charge on any atom is 0.271 e. The molecule has 2 rings (SSSR count). The number of thiophene rings is 1. The molecule has 2 aromatic heterocycles. The highest BCUT2D eigenvalue weighted by molar-refractivity contribution is 7.10. The quantitative estimate of drug-likeness (QED) is 0.879.